The maximum Gasteiger partial charge on any atom is 0.226 e. The van der Waals surface area contributed by atoms with E-state index in [0.29, 0.717) is 6.54 Å². The van der Waals surface area contributed by atoms with Crippen LogP contribution >= 0.6 is 0 Å². The molecular formula is C25H32N4O2. The molecule has 31 heavy (non-hydrogen) atoms. The number of rotatable bonds is 3. The number of hydrogen-bond donors (Lipinski definition) is 2. The smallest absolute Gasteiger partial charge is 0.226 e. The molecule has 1 aromatic carbocycles. The van der Waals surface area contributed by atoms with Crippen LogP contribution in [0.4, 0.5) is 0 Å². The van der Waals surface area contributed by atoms with Crippen LogP contribution in [0.1, 0.15) is 62.5 Å². The number of carbonyl (C=O) groups is 2. The summed E-state index contributed by atoms with van der Waals surface area (Å²) in [5.41, 5.74) is 2.00. The minimum Gasteiger partial charge on any atom is -0.338 e. The van der Waals surface area contributed by atoms with Crippen molar-refractivity contribution < 1.29 is 9.59 Å². The van der Waals surface area contributed by atoms with Gasteiger partial charge in [-0.15, -0.1) is 0 Å². The summed E-state index contributed by atoms with van der Waals surface area (Å²) in [4.78, 5) is 28.9. The Morgan fingerprint density at radius 3 is 2.48 bits per heavy atom. The van der Waals surface area contributed by atoms with E-state index >= 15 is 0 Å². The SMILES string of the molecule is N#CC1(NC(=O)[C@@H]2CCCC[C@H]2C(=O)N2Cc3ccccc3C3(CCNCC3)C2)CC1. The quantitative estimate of drug-likeness (QED) is 0.787. The van der Waals surface area contributed by atoms with Crippen molar-refractivity contribution in [1.82, 2.24) is 15.5 Å². The summed E-state index contributed by atoms with van der Waals surface area (Å²) < 4.78 is 0. The van der Waals surface area contributed by atoms with Crippen LogP contribution in [0, 0.1) is 23.2 Å². The summed E-state index contributed by atoms with van der Waals surface area (Å²) in [5.74, 6) is -0.541. The van der Waals surface area contributed by atoms with Crippen molar-refractivity contribution in [2.45, 2.75) is 68.9 Å². The van der Waals surface area contributed by atoms with E-state index in [4.69, 9.17) is 0 Å². The molecule has 4 aliphatic rings. The molecule has 164 valence electrons. The van der Waals surface area contributed by atoms with E-state index in [9.17, 15) is 14.9 Å². The Morgan fingerprint density at radius 2 is 1.77 bits per heavy atom. The average molecular weight is 421 g/mol. The Kier molecular flexibility index (Phi) is 5.26. The van der Waals surface area contributed by atoms with Gasteiger partial charge < -0.3 is 15.5 Å². The number of nitriles is 1. The van der Waals surface area contributed by atoms with Gasteiger partial charge in [0.2, 0.25) is 11.8 Å². The lowest BCUT2D eigenvalue weighted by atomic mass is 9.68. The maximum atomic E-state index is 13.8. The number of amides is 2. The normalized spacial score (nSPS) is 28.3. The van der Waals surface area contributed by atoms with E-state index in [1.807, 2.05) is 4.90 Å². The Bertz CT molecular complexity index is 910. The van der Waals surface area contributed by atoms with Crippen LogP contribution in [-0.4, -0.2) is 41.9 Å². The minimum absolute atomic E-state index is 0.0149. The first-order chi connectivity index (χ1) is 15.1. The number of nitrogens with zero attached hydrogens (tertiary/aromatic N) is 2. The molecule has 3 fully saturated rings. The molecule has 2 atom stereocenters. The summed E-state index contributed by atoms with van der Waals surface area (Å²) in [5, 5.41) is 15.8. The Hall–Kier alpha value is -2.39. The number of benzene rings is 1. The molecule has 2 N–H and O–H groups in total. The number of fused-ring (bicyclic) bond motifs is 2. The van der Waals surface area contributed by atoms with Crippen LogP contribution in [0.25, 0.3) is 0 Å². The summed E-state index contributed by atoms with van der Waals surface area (Å²) in [6, 6.07) is 10.8. The number of carbonyl (C=O) groups excluding carboxylic acids is 2. The zero-order chi connectivity index (χ0) is 21.5. The van der Waals surface area contributed by atoms with Crippen LogP contribution in [0.5, 0.6) is 0 Å². The van der Waals surface area contributed by atoms with Crippen molar-refractivity contribution in [3.8, 4) is 6.07 Å². The molecule has 2 aliphatic carbocycles. The average Bonchev–Trinajstić information content (AvgIpc) is 3.59. The number of piperidine rings is 1. The monoisotopic (exact) mass is 420 g/mol. The molecule has 2 amide bonds. The van der Waals surface area contributed by atoms with Gasteiger partial charge in [0.05, 0.1) is 6.07 Å². The van der Waals surface area contributed by atoms with E-state index in [1.165, 1.54) is 11.1 Å². The molecule has 6 heteroatoms. The van der Waals surface area contributed by atoms with E-state index in [1.54, 1.807) is 0 Å². The molecule has 2 heterocycles. The molecule has 1 aromatic rings. The van der Waals surface area contributed by atoms with Gasteiger partial charge in [0.1, 0.15) is 5.54 Å². The van der Waals surface area contributed by atoms with E-state index < -0.39 is 5.54 Å². The van der Waals surface area contributed by atoms with Crippen molar-refractivity contribution in [1.29, 1.82) is 5.26 Å². The second-order valence-corrected chi connectivity index (χ2v) is 10.1. The highest BCUT2D eigenvalue weighted by Gasteiger charge is 2.49. The summed E-state index contributed by atoms with van der Waals surface area (Å²) in [6.07, 6.45) is 6.98. The topological polar surface area (TPSA) is 85.2 Å². The predicted molar refractivity (Wildman–Crippen MR) is 117 cm³/mol. The Balaban J connectivity index is 1.38. The highest BCUT2D eigenvalue weighted by molar-refractivity contribution is 5.89. The zero-order valence-electron chi connectivity index (χ0n) is 18.2. The van der Waals surface area contributed by atoms with Gasteiger partial charge in [-0.25, -0.2) is 0 Å². The van der Waals surface area contributed by atoms with Crippen molar-refractivity contribution in [2.24, 2.45) is 11.8 Å². The van der Waals surface area contributed by atoms with Gasteiger partial charge in [0.25, 0.3) is 0 Å². The van der Waals surface area contributed by atoms with Gasteiger partial charge in [-0.05, 0) is 62.7 Å². The summed E-state index contributed by atoms with van der Waals surface area (Å²) >= 11 is 0. The first-order valence-corrected chi connectivity index (χ1v) is 11.9. The number of nitrogens with one attached hydrogen (secondary N) is 2. The van der Waals surface area contributed by atoms with Crippen molar-refractivity contribution in [2.75, 3.05) is 19.6 Å². The van der Waals surface area contributed by atoms with Gasteiger partial charge in [-0.3, -0.25) is 9.59 Å². The molecule has 6 nitrogen and oxygen atoms in total. The fourth-order valence-electron chi connectivity index (χ4n) is 6.07. The van der Waals surface area contributed by atoms with Crippen molar-refractivity contribution >= 4 is 11.8 Å². The lowest BCUT2D eigenvalue weighted by Crippen LogP contribution is -2.55. The molecule has 2 saturated carbocycles. The number of hydrogen-bond acceptors (Lipinski definition) is 4. The molecular weight excluding hydrogens is 388 g/mol. The molecule has 1 saturated heterocycles. The molecule has 1 spiro atoms. The Morgan fingerprint density at radius 1 is 1.06 bits per heavy atom. The van der Waals surface area contributed by atoms with Gasteiger partial charge in [0, 0.05) is 30.3 Å². The van der Waals surface area contributed by atoms with Gasteiger partial charge >= 0.3 is 0 Å². The van der Waals surface area contributed by atoms with Crippen molar-refractivity contribution in [3.05, 3.63) is 35.4 Å². The largest absolute Gasteiger partial charge is 0.338 e. The second kappa shape index (κ2) is 7.94. The lowest BCUT2D eigenvalue weighted by Gasteiger charge is -2.48. The van der Waals surface area contributed by atoms with E-state index in [0.717, 1.165) is 71.0 Å². The van der Waals surface area contributed by atoms with Crippen LogP contribution in [-0.2, 0) is 21.5 Å². The third-order valence-electron chi connectivity index (χ3n) is 8.06. The maximum absolute atomic E-state index is 13.8. The minimum atomic E-state index is -0.675. The molecule has 0 unspecified atom stereocenters. The summed E-state index contributed by atoms with van der Waals surface area (Å²) in [7, 11) is 0. The predicted octanol–water partition coefficient (Wildman–Crippen LogP) is 2.63. The third kappa shape index (κ3) is 3.74. The standard InChI is InChI=1S/C25H32N4O2/c26-16-25(9-10-25)28-22(30)19-6-2-3-7-20(19)23(31)29-15-18-5-1-4-8-21(18)24(17-29)11-13-27-14-12-24/h1,4-5,8,19-20,27H,2-3,6-7,9-15,17H2,(H,28,30)/t19-,20-/m1/s1. The molecule has 0 bridgehead atoms. The summed E-state index contributed by atoms with van der Waals surface area (Å²) in [6.45, 7) is 3.33. The first-order valence-electron chi connectivity index (χ1n) is 11.9. The molecule has 0 radical (unpaired) electrons. The fourth-order valence-corrected chi connectivity index (χ4v) is 6.07. The second-order valence-electron chi connectivity index (χ2n) is 10.1. The third-order valence-corrected chi connectivity index (χ3v) is 8.06. The van der Waals surface area contributed by atoms with Gasteiger partial charge in [0.15, 0.2) is 0 Å². The highest BCUT2D eigenvalue weighted by Crippen LogP contribution is 2.42. The van der Waals surface area contributed by atoms with Crippen molar-refractivity contribution in [3.63, 3.8) is 0 Å². The van der Waals surface area contributed by atoms with E-state index in [2.05, 4.69) is 41.0 Å². The van der Waals surface area contributed by atoms with Gasteiger partial charge in [-0.2, -0.15) is 5.26 Å². The first kappa shape index (κ1) is 20.5. The molecule has 0 aromatic heterocycles. The zero-order valence-corrected chi connectivity index (χ0v) is 18.2. The van der Waals surface area contributed by atoms with Gasteiger partial charge in [-0.1, -0.05) is 37.1 Å². The van der Waals surface area contributed by atoms with Crippen LogP contribution in [0.15, 0.2) is 24.3 Å². The molecule has 2 aliphatic heterocycles. The van der Waals surface area contributed by atoms with E-state index in [-0.39, 0.29) is 29.1 Å². The fraction of sp³-hybridized carbons (Fsp3) is 0.640. The lowest BCUT2D eigenvalue weighted by molar-refractivity contribution is -0.145. The highest BCUT2D eigenvalue weighted by atomic mass is 16.2. The van der Waals surface area contributed by atoms with Crippen LogP contribution in [0.3, 0.4) is 0 Å². The Labute approximate surface area is 184 Å². The molecule has 5 rings (SSSR count). The van der Waals surface area contributed by atoms with Crippen LogP contribution in [0.2, 0.25) is 0 Å². The van der Waals surface area contributed by atoms with Crippen LogP contribution < -0.4 is 10.6 Å².